The van der Waals surface area contributed by atoms with Crippen LogP contribution in [0.3, 0.4) is 0 Å². The quantitative estimate of drug-likeness (QED) is 0.906. The van der Waals surface area contributed by atoms with Crippen molar-refractivity contribution in [1.82, 2.24) is 0 Å². The predicted octanol–water partition coefficient (Wildman–Crippen LogP) is 2.74. The van der Waals surface area contributed by atoms with Crippen molar-refractivity contribution < 1.29 is 4.79 Å². The van der Waals surface area contributed by atoms with Crippen molar-refractivity contribution >= 4 is 23.0 Å². The van der Waals surface area contributed by atoms with Crippen LogP contribution < -0.4 is 16.0 Å². The summed E-state index contributed by atoms with van der Waals surface area (Å²) in [5.74, 6) is 0.439. The van der Waals surface area contributed by atoms with Crippen molar-refractivity contribution in [3.63, 3.8) is 0 Å². The van der Waals surface area contributed by atoms with E-state index in [4.69, 9.17) is 5.73 Å². The summed E-state index contributed by atoms with van der Waals surface area (Å²) in [5, 5.41) is 3.33. The maximum atomic E-state index is 12.0. The summed E-state index contributed by atoms with van der Waals surface area (Å²) in [7, 11) is 0. The van der Waals surface area contributed by atoms with E-state index in [-0.39, 0.29) is 11.8 Å². The predicted molar refractivity (Wildman–Crippen MR) is 85.7 cm³/mol. The Balaban J connectivity index is 1.71. The molecule has 108 valence electrons. The lowest BCUT2D eigenvalue weighted by atomic mass is 10.1. The molecule has 3 N–H and O–H groups in total. The fourth-order valence-corrected chi connectivity index (χ4v) is 2.60. The van der Waals surface area contributed by atoms with Gasteiger partial charge >= 0.3 is 0 Å². The number of nitrogens with one attached hydrogen (secondary N) is 1. The number of nitrogens with zero attached hydrogens (tertiary/aromatic N) is 1. The summed E-state index contributed by atoms with van der Waals surface area (Å²) in [6.45, 7) is 1.29. The second-order valence-corrected chi connectivity index (χ2v) is 5.35. The standard InChI is InChI=1S/C17H19N3O/c18-11-13-10-17(21)20(12-13)16-8-6-15(7-9-16)19-14-4-2-1-3-5-14/h1-9,13,19H,10-12,18H2. The minimum atomic E-state index is 0.161. The second-order valence-electron chi connectivity index (χ2n) is 5.35. The number of carbonyl (C=O) groups is 1. The third kappa shape index (κ3) is 3.06. The molecule has 21 heavy (non-hydrogen) atoms. The number of benzene rings is 2. The van der Waals surface area contributed by atoms with E-state index >= 15 is 0 Å². The van der Waals surface area contributed by atoms with E-state index in [1.807, 2.05) is 59.5 Å². The molecule has 4 nitrogen and oxygen atoms in total. The van der Waals surface area contributed by atoms with Crippen LogP contribution in [-0.4, -0.2) is 19.0 Å². The average molecular weight is 281 g/mol. The molecule has 1 unspecified atom stereocenters. The molecule has 4 heteroatoms. The lowest BCUT2D eigenvalue weighted by Crippen LogP contribution is -2.25. The highest BCUT2D eigenvalue weighted by Crippen LogP contribution is 2.26. The molecule has 0 saturated carbocycles. The van der Waals surface area contributed by atoms with Gasteiger partial charge < -0.3 is 16.0 Å². The second kappa shape index (κ2) is 5.97. The van der Waals surface area contributed by atoms with E-state index in [2.05, 4.69) is 5.32 Å². The summed E-state index contributed by atoms with van der Waals surface area (Å²) < 4.78 is 0. The Bertz CT molecular complexity index is 610. The van der Waals surface area contributed by atoms with Crippen LogP contribution in [0.4, 0.5) is 17.1 Å². The Morgan fingerprint density at radius 1 is 1.05 bits per heavy atom. The lowest BCUT2D eigenvalue weighted by Gasteiger charge is -2.17. The summed E-state index contributed by atoms with van der Waals surface area (Å²) in [6, 6.07) is 17.9. The van der Waals surface area contributed by atoms with Gasteiger partial charge in [-0.2, -0.15) is 0 Å². The number of amides is 1. The molecule has 1 fully saturated rings. The van der Waals surface area contributed by atoms with Crippen molar-refractivity contribution in [2.24, 2.45) is 11.7 Å². The van der Waals surface area contributed by atoms with Crippen molar-refractivity contribution in [2.45, 2.75) is 6.42 Å². The molecule has 0 aromatic heterocycles. The molecular formula is C17H19N3O. The lowest BCUT2D eigenvalue weighted by molar-refractivity contribution is -0.117. The molecule has 1 aliphatic rings. The van der Waals surface area contributed by atoms with Gasteiger partial charge in [-0.15, -0.1) is 0 Å². The molecule has 1 heterocycles. The van der Waals surface area contributed by atoms with Crippen LogP contribution in [0, 0.1) is 5.92 Å². The zero-order valence-electron chi connectivity index (χ0n) is 11.8. The fourth-order valence-electron chi connectivity index (χ4n) is 2.60. The molecule has 0 aliphatic carbocycles. The smallest absolute Gasteiger partial charge is 0.227 e. The fraction of sp³-hybridized carbons (Fsp3) is 0.235. The first-order valence-corrected chi connectivity index (χ1v) is 7.19. The van der Waals surface area contributed by atoms with Crippen LogP contribution in [-0.2, 0) is 4.79 Å². The zero-order valence-corrected chi connectivity index (χ0v) is 11.8. The summed E-state index contributed by atoms with van der Waals surface area (Å²) in [6.07, 6.45) is 0.556. The monoisotopic (exact) mass is 281 g/mol. The Hall–Kier alpha value is -2.33. The van der Waals surface area contributed by atoms with Gasteiger partial charge in [-0.25, -0.2) is 0 Å². The van der Waals surface area contributed by atoms with Crippen molar-refractivity contribution in [2.75, 3.05) is 23.3 Å². The molecule has 1 amide bonds. The molecule has 0 bridgehead atoms. The van der Waals surface area contributed by atoms with E-state index in [0.717, 1.165) is 23.6 Å². The van der Waals surface area contributed by atoms with E-state index in [0.29, 0.717) is 13.0 Å². The normalized spacial score (nSPS) is 18.0. The van der Waals surface area contributed by atoms with Crippen LogP contribution in [0.2, 0.25) is 0 Å². The van der Waals surface area contributed by atoms with Gasteiger partial charge in [0.1, 0.15) is 0 Å². The molecule has 0 spiro atoms. The molecule has 3 rings (SSSR count). The maximum Gasteiger partial charge on any atom is 0.227 e. The summed E-state index contributed by atoms with van der Waals surface area (Å²) in [5.41, 5.74) is 8.65. The van der Waals surface area contributed by atoms with Gasteiger partial charge in [0, 0.05) is 30.0 Å². The van der Waals surface area contributed by atoms with Gasteiger partial charge in [0.05, 0.1) is 0 Å². The van der Waals surface area contributed by atoms with E-state index < -0.39 is 0 Å². The van der Waals surface area contributed by atoms with E-state index in [1.165, 1.54) is 0 Å². The Morgan fingerprint density at radius 3 is 2.33 bits per heavy atom. The van der Waals surface area contributed by atoms with Crippen molar-refractivity contribution in [3.05, 3.63) is 54.6 Å². The first kappa shape index (κ1) is 13.6. The largest absolute Gasteiger partial charge is 0.356 e. The van der Waals surface area contributed by atoms with Gasteiger partial charge in [0.15, 0.2) is 0 Å². The molecule has 2 aromatic rings. The number of hydrogen-bond acceptors (Lipinski definition) is 3. The molecular weight excluding hydrogens is 262 g/mol. The van der Waals surface area contributed by atoms with Crippen molar-refractivity contribution in [1.29, 1.82) is 0 Å². The van der Waals surface area contributed by atoms with Gasteiger partial charge in [0.25, 0.3) is 0 Å². The highest BCUT2D eigenvalue weighted by atomic mass is 16.2. The first-order chi connectivity index (χ1) is 10.3. The minimum absolute atomic E-state index is 0.161. The number of anilines is 3. The van der Waals surface area contributed by atoms with Crippen molar-refractivity contribution in [3.8, 4) is 0 Å². The maximum absolute atomic E-state index is 12.0. The molecule has 0 radical (unpaired) electrons. The number of rotatable bonds is 4. The van der Waals surface area contributed by atoms with Crippen LogP contribution in [0.15, 0.2) is 54.6 Å². The van der Waals surface area contributed by atoms with Crippen LogP contribution >= 0.6 is 0 Å². The third-order valence-electron chi connectivity index (χ3n) is 3.78. The highest BCUT2D eigenvalue weighted by Gasteiger charge is 2.29. The summed E-state index contributed by atoms with van der Waals surface area (Å²) >= 11 is 0. The first-order valence-electron chi connectivity index (χ1n) is 7.19. The molecule has 1 atom stereocenters. The van der Waals surface area contributed by atoms with E-state index in [1.54, 1.807) is 0 Å². The molecule has 1 aliphatic heterocycles. The van der Waals surface area contributed by atoms with Crippen LogP contribution in [0.5, 0.6) is 0 Å². The highest BCUT2D eigenvalue weighted by molar-refractivity contribution is 5.95. The third-order valence-corrected chi connectivity index (χ3v) is 3.78. The number of hydrogen-bond donors (Lipinski definition) is 2. The average Bonchev–Trinajstić information content (AvgIpc) is 2.90. The van der Waals surface area contributed by atoms with Gasteiger partial charge in [-0.05, 0) is 48.9 Å². The van der Waals surface area contributed by atoms with Gasteiger partial charge in [-0.3, -0.25) is 4.79 Å². The Labute approximate surface area is 124 Å². The number of nitrogens with two attached hydrogens (primary N) is 1. The number of para-hydroxylation sites is 1. The Kier molecular flexibility index (Phi) is 3.88. The van der Waals surface area contributed by atoms with Gasteiger partial charge in [-0.1, -0.05) is 18.2 Å². The molecule has 2 aromatic carbocycles. The SMILES string of the molecule is NCC1CC(=O)N(c2ccc(Nc3ccccc3)cc2)C1. The van der Waals surface area contributed by atoms with Crippen LogP contribution in [0.25, 0.3) is 0 Å². The zero-order chi connectivity index (χ0) is 14.7. The summed E-state index contributed by atoms with van der Waals surface area (Å²) in [4.78, 5) is 13.8. The van der Waals surface area contributed by atoms with Crippen LogP contribution in [0.1, 0.15) is 6.42 Å². The number of carbonyl (C=O) groups excluding carboxylic acids is 1. The Morgan fingerprint density at radius 2 is 1.71 bits per heavy atom. The van der Waals surface area contributed by atoms with Gasteiger partial charge in [0.2, 0.25) is 5.91 Å². The molecule has 1 saturated heterocycles. The van der Waals surface area contributed by atoms with E-state index in [9.17, 15) is 4.79 Å². The minimum Gasteiger partial charge on any atom is -0.356 e. The topological polar surface area (TPSA) is 58.4 Å².